The number of benzene rings is 1. The van der Waals surface area contributed by atoms with Crippen molar-refractivity contribution in [1.82, 2.24) is 0 Å². The molecule has 1 aromatic rings. The van der Waals surface area contributed by atoms with Crippen molar-refractivity contribution >= 4 is 17.5 Å². The van der Waals surface area contributed by atoms with E-state index in [2.05, 4.69) is 13.8 Å². The van der Waals surface area contributed by atoms with Crippen LogP contribution in [0, 0.1) is 17.2 Å². The van der Waals surface area contributed by atoms with Crippen LogP contribution in [0.3, 0.4) is 0 Å². The van der Waals surface area contributed by atoms with Gasteiger partial charge in [-0.3, -0.25) is 0 Å². The Morgan fingerprint density at radius 2 is 1.86 bits per heavy atom. The van der Waals surface area contributed by atoms with Crippen LogP contribution in [0.25, 0.3) is 0 Å². The van der Waals surface area contributed by atoms with Gasteiger partial charge in [0.1, 0.15) is 5.60 Å². The quantitative estimate of drug-likeness (QED) is 0.530. The highest BCUT2D eigenvalue weighted by Crippen LogP contribution is 2.33. The minimum atomic E-state index is -0.760. The van der Waals surface area contributed by atoms with E-state index in [0.29, 0.717) is 17.8 Å². The Hall–Kier alpha value is -2.04. The maximum absolute atomic E-state index is 11.1. The van der Waals surface area contributed by atoms with Crippen molar-refractivity contribution in [2.75, 3.05) is 5.73 Å². The number of hydrogen-bond acceptors (Lipinski definition) is 4. The number of rotatable bonds is 7. The van der Waals surface area contributed by atoms with Crippen molar-refractivity contribution in [1.29, 1.82) is 5.41 Å². The van der Waals surface area contributed by atoms with Crippen LogP contribution in [0.2, 0.25) is 0 Å². The first kappa shape index (κ1) is 18.0. The van der Waals surface area contributed by atoms with Gasteiger partial charge in [-0.25, -0.2) is 4.79 Å². The fourth-order valence-corrected chi connectivity index (χ4v) is 3.18. The minimum absolute atomic E-state index is 0.120. The first-order chi connectivity index (χ1) is 10.2. The third-order valence-electron chi connectivity index (χ3n) is 4.17. The summed E-state index contributed by atoms with van der Waals surface area (Å²) in [5.41, 5.74) is 12.3. The molecule has 0 saturated carbocycles. The number of primary amides is 1. The Labute approximate surface area is 132 Å². The van der Waals surface area contributed by atoms with E-state index in [-0.39, 0.29) is 11.8 Å². The van der Waals surface area contributed by atoms with Gasteiger partial charge in [0.2, 0.25) is 0 Å². The fraction of sp³-hybridized carbons (Fsp3) is 0.529. The van der Waals surface area contributed by atoms with E-state index in [9.17, 15) is 4.79 Å². The molecule has 1 aromatic carbocycles. The van der Waals surface area contributed by atoms with Crippen molar-refractivity contribution in [3.63, 3.8) is 0 Å². The molecule has 0 heterocycles. The highest BCUT2D eigenvalue weighted by atomic mass is 16.6. The van der Waals surface area contributed by atoms with Gasteiger partial charge in [0.15, 0.2) is 0 Å². The lowest BCUT2D eigenvalue weighted by Gasteiger charge is -2.37. The summed E-state index contributed by atoms with van der Waals surface area (Å²) in [5, 5.41) is 8.27. The molecule has 0 aliphatic heterocycles. The zero-order chi connectivity index (χ0) is 16.9. The van der Waals surface area contributed by atoms with Gasteiger partial charge in [-0.1, -0.05) is 26.0 Å². The Kier molecular flexibility index (Phi) is 5.97. The Balaban J connectivity index is 2.80. The first-order valence-electron chi connectivity index (χ1n) is 7.59. The van der Waals surface area contributed by atoms with Crippen LogP contribution >= 0.6 is 0 Å². The van der Waals surface area contributed by atoms with Crippen molar-refractivity contribution < 1.29 is 9.53 Å². The van der Waals surface area contributed by atoms with Crippen LogP contribution in [0.1, 0.15) is 46.1 Å². The lowest BCUT2D eigenvalue weighted by molar-refractivity contribution is -0.0209. The van der Waals surface area contributed by atoms with Gasteiger partial charge in [-0.05, 0) is 50.3 Å². The first-order valence-corrected chi connectivity index (χ1v) is 7.59. The topological polar surface area (TPSA) is 102 Å². The van der Waals surface area contributed by atoms with E-state index in [1.54, 1.807) is 12.1 Å². The van der Waals surface area contributed by atoms with Crippen LogP contribution in [0.5, 0.6) is 0 Å². The monoisotopic (exact) mass is 305 g/mol. The van der Waals surface area contributed by atoms with Crippen LogP contribution in [0.4, 0.5) is 10.5 Å². The summed E-state index contributed by atoms with van der Waals surface area (Å²) in [6.07, 6.45) is 0.689. The average Bonchev–Trinajstić information content (AvgIpc) is 2.37. The summed E-state index contributed by atoms with van der Waals surface area (Å²) in [6, 6.07) is 7.31. The molecule has 0 aromatic heterocycles. The SMILES string of the molecule is CCC(C(C)CC(=N)c1ccc(N)cc1)C(C)(C)OC(N)=O. The molecule has 22 heavy (non-hydrogen) atoms. The van der Waals surface area contributed by atoms with Crippen LogP contribution in [-0.2, 0) is 4.74 Å². The van der Waals surface area contributed by atoms with Gasteiger partial charge in [0.05, 0.1) is 0 Å². The number of nitrogens with two attached hydrogens (primary N) is 2. The van der Waals surface area contributed by atoms with Gasteiger partial charge >= 0.3 is 6.09 Å². The molecule has 1 rings (SSSR count). The van der Waals surface area contributed by atoms with E-state index in [4.69, 9.17) is 21.6 Å². The smallest absolute Gasteiger partial charge is 0.405 e. The molecule has 0 saturated heterocycles. The predicted octanol–water partition coefficient (Wildman–Crippen LogP) is 3.56. The second-order valence-corrected chi connectivity index (χ2v) is 6.32. The lowest BCUT2D eigenvalue weighted by atomic mass is 9.76. The number of amides is 1. The number of nitrogens with one attached hydrogen (secondary N) is 1. The molecule has 0 bridgehead atoms. The number of ether oxygens (including phenoxy) is 1. The van der Waals surface area contributed by atoms with Gasteiger partial charge in [-0.2, -0.15) is 0 Å². The summed E-state index contributed by atoms with van der Waals surface area (Å²) in [5.74, 6) is 0.304. The van der Waals surface area contributed by atoms with Crippen molar-refractivity contribution in [3.05, 3.63) is 29.8 Å². The zero-order valence-corrected chi connectivity index (χ0v) is 13.8. The normalized spacial score (nSPS) is 14.2. The van der Waals surface area contributed by atoms with E-state index in [0.717, 1.165) is 12.0 Å². The molecule has 5 N–H and O–H groups in total. The van der Waals surface area contributed by atoms with Crippen molar-refractivity contribution in [3.8, 4) is 0 Å². The summed E-state index contributed by atoms with van der Waals surface area (Å²) < 4.78 is 5.27. The fourth-order valence-electron chi connectivity index (χ4n) is 3.18. The molecule has 5 heteroatoms. The van der Waals surface area contributed by atoms with Gasteiger partial charge < -0.3 is 21.6 Å². The second kappa shape index (κ2) is 7.29. The van der Waals surface area contributed by atoms with Gasteiger partial charge in [-0.15, -0.1) is 0 Å². The number of hydrogen-bond donors (Lipinski definition) is 3. The van der Waals surface area contributed by atoms with Crippen molar-refractivity contribution in [2.45, 2.75) is 46.1 Å². The molecule has 122 valence electrons. The standard InChI is InChI=1S/C17H27N3O2/c1-5-14(17(3,4)22-16(20)21)11(2)10-15(19)12-6-8-13(18)9-7-12/h6-9,11,14,19H,5,10,18H2,1-4H3,(H2,20,21). The second-order valence-electron chi connectivity index (χ2n) is 6.32. The van der Waals surface area contributed by atoms with Gasteiger partial charge in [0.25, 0.3) is 0 Å². The summed E-state index contributed by atoms with van der Waals surface area (Å²) >= 11 is 0. The van der Waals surface area contributed by atoms with E-state index in [1.165, 1.54) is 0 Å². The van der Waals surface area contributed by atoms with Crippen molar-refractivity contribution in [2.24, 2.45) is 17.6 Å². The Bertz CT molecular complexity index is 523. The van der Waals surface area contributed by atoms with Gasteiger partial charge in [0, 0.05) is 17.3 Å². The van der Waals surface area contributed by atoms with E-state index >= 15 is 0 Å². The number of anilines is 1. The molecule has 2 unspecified atom stereocenters. The zero-order valence-electron chi connectivity index (χ0n) is 13.8. The number of carbonyl (C=O) groups is 1. The maximum Gasteiger partial charge on any atom is 0.405 e. The van der Waals surface area contributed by atoms with Crippen LogP contribution < -0.4 is 11.5 Å². The molecule has 5 nitrogen and oxygen atoms in total. The Morgan fingerprint density at radius 1 is 1.32 bits per heavy atom. The van der Waals surface area contributed by atoms with Crippen LogP contribution in [0.15, 0.2) is 24.3 Å². The molecule has 0 radical (unpaired) electrons. The number of carbonyl (C=O) groups excluding carboxylic acids is 1. The van der Waals surface area contributed by atoms with E-state index < -0.39 is 11.7 Å². The third-order valence-corrected chi connectivity index (χ3v) is 4.17. The van der Waals surface area contributed by atoms with Crippen LogP contribution in [-0.4, -0.2) is 17.4 Å². The number of nitrogen functional groups attached to an aromatic ring is 1. The largest absolute Gasteiger partial charge is 0.443 e. The summed E-state index contributed by atoms with van der Waals surface area (Å²) in [6.45, 7) is 7.87. The maximum atomic E-state index is 11.1. The summed E-state index contributed by atoms with van der Waals surface area (Å²) in [4.78, 5) is 11.1. The molecule has 0 aliphatic rings. The highest BCUT2D eigenvalue weighted by molar-refractivity contribution is 5.98. The molecule has 0 aliphatic carbocycles. The van der Waals surface area contributed by atoms with E-state index in [1.807, 2.05) is 26.0 Å². The Morgan fingerprint density at radius 3 is 2.32 bits per heavy atom. The molecule has 1 amide bonds. The molecular weight excluding hydrogens is 278 g/mol. The summed E-state index contributed by atoms with van der Waals surface area (Å²) in [7, 11) is 0. The minimum Gasteiger partial charge on any atom is -0.443 e. The molecular formula is C17H27N3O2. The highest BCUT2D eigenvalue weighted by Gasteiger charge is 2.35. The third kappa shape index (κ3) is 4.76. The molecule has 0 fully saturated rings. The average molecular weight is 305 g/mol. The lowest BCUT2D eigenvalue weighted by Crippen LogP contribution is -2.41. The predicted molar refractivity (Wildman–Crippen MR) is 90.0 cm³/mol. The molecule has 2 atom stereocenters. The molecule has 0 spiro atoms.